The van der Waals surface area contributed by atoms with Crippen molar-refractivity contribution in [3.05, 3.63) is 53.5 Å². The minimum absolute atomic E-state index is 0.0875. The molecule has 1 N–H and O–H groups in total. The first-order valence-corrected chi connectivity index (χ1v) is 10.2. The number of ether oxygens (including phenoxy) is 1. The summed E-state index contributed by atoms with van der Waals surface area (Å²) < 4.78 is 24.5. The molecule has 0 unspecified atom stereocenters. The first-order chi connectivity index (χ1) is 13.4. The number of oxazole rings is 1. The van der Waals surface area contributed by atoms with E-state index in [1.807, 2.05) is 0 Å². The summed E-state index contributed by atoms with van der Waals surface area (Å²) in [5, 5.41) is 10.8. The molecule has 5 nitrogen and oxygen atoms in total. The van der Waals surface area contributed by atoms with Gasteiger partial charge < -0.3 is 19.2 Å². The van der Waals surface area contributed by atoms with Gasteiger partial charge in [0.2, 0.25) is 0 Å². The predicted octanol–water partition coefficient (Wildman–Crippen LogP) is 3.30. The zero-order valence-electron chi connectivity index (χ0n) is 16.5. The van der Waals surface area contributed by atoms with Gasteiger partial charge >= 0.3 is 0 Å². The van der Waals surface area contributed by atoms with Gasteiger partial charge in [0.1, 0.15) is 11.6 Å². The number of benzene rings is 1. The Bertz CT molecular complexity index is 775. The van der Waals surface area contributed by atoms with E-state index in [1.165, 1.54) is 12.1 Å². The number of aromatic nitrogens is 1. The third-order valence-corrected chi connectivity index (χ3v) is 6.26. The van der Waals surface area contributed by atoms with Gasteiger partial charge in [0.05, 0.1) is 11.8 Å². The normalized spacial score (nSPS) is 22.2. The molecule has 152 valence electrons. The molecule has 3 heterocycles. The molecule has 2 aromatic rings. The zero-order valence-corrected chi connectivity index (χ0v) is 16.5. The molecule has 2 aliphatic rings. The summed E-state index contributed by atoms with van der Waals surface area (Å²) in [6.07, 6.45) is 5.75. The molecular weight excluding hydrogens is 359 g/mol. The first kappa shape index (κ1) is 19.6. The van der Waals surface area contributed by atoms with Crippen LogP contribution in [0.25, 0.3) is 0 Å². The number of rotatable bonds is 5. The molecule has 28 heavy (non-hydrogen) atoms. The summed E-state index contributed by atoms with van der Waals surface area (Å²) in [5.41, 5.74) is 0.307. The maximum Gasteiger partial charge on any atom is 0.200 e. The van der Waals surface area contributed by atoms with Crippen LogP contribution in [0.1, 0.15) is 49.8 Å². The lowest BCUT2D eigenvalue weighted by Gasteiger charge is -2.42. The highest BCUT2D eigenvalue weighted by atomic mass is 19.1. The van der Waals surface area contributed by atoms with Gasteiger partial charge in [-0.15, -0.1) is 0 Å². The van der Waals surface area contributed by atoms with Gasteiger partial charge in [0.15, 0.2) is 5.89 Å². The summed E-state index contributed by atoms with van der Waals surface area (Å²) >= 11 is 0. The molecule has 0 saturated carbocycles. The molecule has 0 radical (unpaired) electrons. The van der Waals surface area contributed by atoms with Crippen LogP contribution in [0.2, 0.25) is 0 Å². The lowest BCUT2D eigenvalue weighted by atomic mass is 9.79. The van der Waals surface area contributed by atoms with Crippen molar-refractivity contribution in [2.45, 2.75) is 50.0 Å². The van der Waals surface area contributed by atoms with E-state index in [-0.39, 0.29) is 11.2 Å². The quantitative estimate of drug-likeness (QED) is 0.852. The maximum absolute atomic E-state index is 13.1. The smallest absolute Gasteiger partial charge is 0.200 e. The van der Waals surface area contributed by atoms with Crippen LogP contribution in [0, 0.1) is 5.82 Å². The van der Waals surface area contributed by atoms with Gasteiger partial charge in [-0.2, -0.15) is 0 Å². The Kier molecular flexibility index (Phi) is 5.54. The third-order valence-electron chi connectivity index (χ3n) is 6.26. The average molecular weight is 388 g/mol. The van der Waals surface area contributed by atoms with E-state index in [9.17, 15) is 9.50 Å². The predicted molar refractivity (Wildman–Crippen MR) is 104 cm³/mol. The SMILES string of the molecule is CC1(c2ncc(Cc3ccc(F)cc3)o2)CCN(CC2(O)CCOCC2)CC1. The number of likely N-dealkylation sites (tertiary alicyclic amines) is 1. The number of hydrogen-bond acceptors (Lipinski definition) is 5. The second kappa shape index (κ2) is 7.93. The molecule has 0 amide bonds. The molecule has 0 bridgehead atoms. The molecule has 4 rings (SSSR count). The van der Waals surface area contributed by atoms with Crippen LogP contribution < -0.4 is 0 Å². The van der Waals surface area contributed by atoms with Crippen molar-refractivity contribution in [2.75, 3.05) is 32.8 Å². The fourth-order valence-electron chi connectivity index (χ4n) is 4.22. The molecule has 2 saturated heterocycles. The molecule has 0 aliphatic carbocycles. The van der Waals surface area contributed by atoms with E-state index in [1.54, 1.807) is 18.3 Å². The van der Waals surface area contributed by atoms with Crippen LogP contribution in [-0.2, 0) is 16.6 Å². The topological polar surface area (TPSA) is 58.7 Å². The Labute approximate surface area is 165 Å². The van der Waals surface area contributed by atoms with Crippen molar-refractivity contribution in [3.8, 4) is 0 Å². The fraction of sp³-hybridized carbons (Fsp3) is 0.591. The fourth-order valence-corrected chi connectivity index (χ4v) is 4.22. The highest BCUT2D eigenvalue weighted by Crippen LogP contribution is 2.36. The summed E-state index contributed by atoms with van der Waals surface area (Å²) in [7, 11) is 0. The summed E-state index contributed by atoms with van der Waals surface area (Å²) in [6, 6.07) is 6.49. The van der Waals surface area contributed by atoms with Crippen LogP contribution in [0.5, 0.6) is 0 Å². The Morgan fingerprint density at radius 2 is 1.79 bits per heavy atom. The van der Waals surface area contributed by atoms with Crippen molar-refractivity contribution in [1.29, 1.82) is 0 Å². The average Bonchev–Trinajstić information content (AvgIpc) is 3.16. The van der Waals surface area contributed by atoms with Gasteiger partial charge in [0.25, 0.3) is 0 Å². The van der Waals surface area contributed by atoms with Crippen LogP contribution in [0.4, 0.5) is 4.39 Å². The lowest BCUT2D eigenvalue weighted by Crippen LogP contribution is -2.50. The minimum Gasteiger partial charge on any atom is -0.445 e. The lowest BCUT2D eigenvalue weighted by molar-refractivity contribution is -0.0838. The van der Waals surface area contributed by atoms with E-state index in [2.05, 4.69) is 16.8 Å². The largest absolute Gasteiger partial charge is 0.445 e. The van der Waals surface area contributed by atoms with E-state index in [0.29, 0.717) is 39.0 Å². The maximum atomic E-state index is 13.1. The van der Waals surface area contributed by atoms with Crippen molar-refractivity contribution < 1.29 is 18.7 Å². The highest BCUT2D eigenvalue weighted by Gasteiger charge is 2.39. The number of β-amino-alcohol motifs (C(OH)–C–C–N with tert-alkyl or cyclic N) is 1. The van der Waals surface area contributed by atoms with Gasteiger partial charge in [-0.1, -0.05) is 19.1 Å². The van der Waals surface area contributed by atoms with Crippen LogP contribution >= 0.6 is 0 Å². The van der Waals surface area contributed by atoms with Crippen LogP contribution in [0.15, 0.2) is 34.9 Å². The molecule has 2 aliphatic heterocycles. The Balaban J connectivity index is 1.35. The van der Waals surface area contributed by atoms with Gasteiger partial charge in [-0.3, -0.25) is 0 Å². The summed E-state index contributed by atoms with van der Waals surface area (Å²) in [4.78, 5) is 6.91. The molecule has 1 aromatic heterocycles. The number of aliphatic hydroxyl groups is 1. The zero-order chi connectivity index (χ0) is 19.6. The number of piperidine rings is 1. The molecule has 0 spiro atoms. The van der Waals surface area contributed by atoms with Gasteiger partial charge in [-0.25, -0.2) is 9.37 Å². The van der Waals surface area contributed by atoms with E-state index in [4.69, 9.17) is 9.15 Å². The van der Waals surface area contributed by atoms with Crippen LogP contribution in [-0.4, -0.2) is 53.4 Å². The van der Waals surface area contributed by atoms with Gasteiger partial charge in [-0.05, 0) is 43.6 Å². The first-order valence-electron chi connectivity index (χ1n) is 10.2. The van der Waals surface area contributed by atoms with Crippen molar-refractivity contribution in [3.63, 3.8) is 0 Å². The number of hydrogen-bond donors (Lipinski definition) is 1. The van der Waals surface area contributed by atoms with Gasteiger partial charge in [0, 0.05) is 44.4 Å². The summed E-state index contributed by atoms with van der Waals surface area (Å²) in [6.45, 7) is 6.07. The standard InChI is InChI=1S/C22H29FN2O3/c1-21(6-10-25(11-7-21)16-22(26)8-12-27-13-9-22)20-24-15-19(28-20)14-17-2-4-18(23)5-3-17/h2-5,15,26H,6-14,16H2,1H3. The molecule has 1 aromatic carbocycles. The second-order valence-corrected chi connectivity index (χ2v) is 8.61. The highest BCUT2D eigenvalue weighted by molar-refractivity contribution is 5.21. The second-order valence-electron chi connectivity index (χ2n) is 8.61. The van der Waals surface area contributed by atoms with Crippen LogP contribution in [0.3, 0.4) is 0 Å². The Hall–Kier alpha value is -1.76. The number of nitrogens with zero attached hydrogens (tertiary/aromatic N) is 2. The van der Waals surface area contributed by atoms with E-state index in [0.717, 1.165) is 43.1 Å². The molecule has 6 heteroatoms. The summed E-state index contributed by atoms with van der Waals surface area (Å²) in [5.74, 6) is 1.36. The monoisotopic (exact) mass is 388 g/mol. The Morgan fingerprint density at radius 1 is 1.11 bits per heavy atom. The molecular formula is C22H29FN2O3. The Morgan fingerprint density at radius 3 is 2.46 bits per heavy atom. The van der Waals surface area contributed by atoms with Crippen molar-refractivity contribution in [1.82, 2.24) is 9.88 Å². The number of halogens is 1. The third kappa shape index (κ3) is 4.45. The van der Waals surface area contributed by atoms with Crippen molar-refractivity contribution >= 4 is 0 Å². The van der Waals surface area contributed by atoms with Crippen molar-refractivity contribution in [2.24, 2.45) is 0 Å². The van der Waals surface area contributed by atoms with E-state index >= 15 is 0 Å². The molecule has 0 atom stereocenters. The van der Waals surface area contributed by atoms with E-state index < -0.39 is 5.60 Å². The minimum atomic E-state index is -0.614. The molecule has 2 fully saturated rings.